The van der Waals surface area contributed by atoms with Crippen LogP contribution in [0, 0.1) is 19.8 Å². The first-order valence-corrected chi connectivity index (χ1v) is 6.94. The third-order valence-electron chi connectivity index (χ3n) is 2.60. The number of hydrogen-bond acceptors (Lipinski definition) is 2. The average molecular weight is 271 g/mol. The maximum absolute atomic E-state index is 5.84. The first-order chi connectivity index (χ1) is 8.54. The highest BCUT2D eigenvalue weighted by atomic mass is 35.5. The Morgan fingerprint density at radius 2 is 1.72 bits per heavy atom. The molecule has 0 saturated carbocycles. The van der Waals surface area contributed by atoms with Gasteiger partial charge in [0.15, 0.2) is 0 Å². The highest BCUT2D eigenvalue weighted by molar-refractivity contribution is 6.17. The first kappa shape index (κ1) is 15.3. The molecule has 2 nitrogen and oxygen atoms in total. The van der Waals surface area contributed by atoms with E-state index in [9.17, 15) is 0 Å². The van der Waals surface area contributed by atoms with E-state index in [0.717, 1.165) is 29.0 Å². The van der Waals surface area contributed by atoms with Crippen molar-refractivity contribution in [3.05, 3.63) is 28.8 Å². The SMILES string of the molecule is Cc1cc(CCl)cc(C)c1OCCOCC(C)C. The van der Waals surface area contributed by atoms with Crippen molar-refractivity contribution in [3.63, 3.8) is 0 Å². The van der Waals surface area contributed by atoms with Crippen molar-refractivity contribution >= 4 is 11.6 Å². The molecule has 0 heterocycles. The van der Waals surface area contributed by atoms with Crippen LogP contribution in [0.25, 0.3) is 0 Å². The van der Waals surface area contributed by atoms with E-state index in [1.54, 1.807) is 0 Å². The van der Waals surface area contributed by atoms with Gasteiger partial charge in [-0.25, -0.2) is 0 Å². The second kappa shape index (κ2) is 7.65. The summed E-state index contributed by atoms with van der Waals surface area (Å²) in [5.74, 6) is 2.06. The Morgan fingerprint density at radius 3 is 2.22 bits per heavy atom. The quantitative estimate of drug-likeness (QED) is 0.549. The zero-order valence-corrected chi connectivity index (χ0v) is 12.5. The summed E-state index contributed by atoms with van der Waals surface area (Å²) in [6.45, 7) is 10.4. The Bertz CT molecular complexity index is 352. The minimum Gasteiger partial charge on any atom is -0.491 e. The fourth-order valence-corrected chi connectivity index (χ4v) is 2.02. The first-order valence-electron chi connectivity index (χ1n) is 6.41. The average Bonchev–Trinajstić information content (AvgIpc) is 2.31. The summed E-state index contributed by atoms with van der Waals surface area (Å²) >= 11 is 5.84. The van der Waals surface area contributed by atoms with Gasteiger partial charge in [0, 0.05) is 12.5 Å². The molecule has 0 aromatic heterocycles. The van der Waals surface area contributed by atoms with Gasteiger partial charge in [-0.3, -0.25) is 0 Å². The zero-order chi connectivity index (χ0) is 13.5. The number of hydrogen-bond donors (Lipinski definition) is 0. The monoisotopic (exact) mass is 270 g/mol. The number of benzene rings is 1. The minimum absolute atomic E-state index is 0.541. The lowest BCUT2D eigenvalue weighted by Gasteiger charge is -2.14. The van der Waals surface area contributed by atoms with E-state index in [2.05, 4.69) is 26.0 Å². The van der Waals surface area contributed by atoms with Gasteiger partial charge in [-0.2, -0.15) is 0 Å². The highest BCUT2D eigenvalue weighted by Gasteiger charge is 2.06. The lowest BCUT2D eigenvalue weighted by Crippen LogP contribution is -2.11. The van der Waals surface area contributed by atoms with Crippen LogP contribution >= 0.6 is 11.6 Å². The van der Waals surface area contributed by atoms with Gasteiger partial charge in [0.2, 0.25) is 0 Å². The molecule has 0 aliphatic carbocycles. The Kier molecular flexibility index (Phi) is 6.51. The highest BCUT2D eigenvalue weighted by Crippen LogP contribution is 2.25. The summed E-state index contributed by atoms with van der Waals surface area (Å²) in [4.78, 5) is 0. The summed E-state index contributed by atoms with van der Waals surface area (Å²) in [6, 6.07) is 4.15. The predicted molar refractivity (Wildman–Crippen MR) is 76.6 cm³/mol. The fraction of sp³-hybridized carbons (Fsp3) is 0.600. The van der Waals surface area contributed by atoms with Crippen molar-refractivity contribution in [3.8, 4) is 5.75 Å². The second-order valence-corrected chi connectivity index (χ2v) is 5.28. The molecular weight excluding hydrogens is 248 g/mol. The third kappa shape index (κ3) is 4.87. The van der Waals surface area contributed by atoms with Gasteiger partial charge in [-0.05, 0) is 36.5 Å². The maximum Gasteiger partial charge on any atom is 0.125 e. The van der Waals surface area contributed by atoms with Crippen LogP contribution in [0.15, 0.2) is 12.1 Å². The smallest absolute Gasteiger partial charge is 0.125 e. The Balaban J connectivity index is 2.47. The van der Waals surface area contributed by atoms with Gasteiger partial charge in [-0.1, -0.05) is 26.0 Å². The van der Waals surface area contributed by atoms with Crippen molar-refractivity contribution in [2.45, 2.75) is 33.6 Å². The normalized spacial score (nSPS) is 11.0. The lowest BCUT2D eigenvalue weighted by molar-refractivity contribution is 0.0815. The number of ether oxygens (including phenoxy) is 2. The van der Waals surface area contributed by atoms with Crippen molar-refractivity contribution in [2.24, 2.45) is 5.92 Å². The topological polar surface area (TPSA) is 18.5 Å². The molecule has 102 valence electrons. The van der Waals surface area contributed by atoms with Crippen molar-refractivity contribution in [2.75, 3.05) is 19.8 Å². The molecular formula is C15H23ClO2. The molecule has 0 atom stereocenters. The molecule has 0 N–H and O–H groups in total. The van der Waals surface area contributed by atoms with E-state index >= 15 is 0 Å². The molecule has 3 heteroatoms. The van der Waals surface area contributed by atoms with Crippen LogP contribution in [-0.2, 0) is 10.6 Å². The standard InChI is InChI=1S/C15H23ClO2/c1-11(2)10-17-5-6-18-15-12(3)7-14(9-16)8-13(15)4/h7-8,11H,5-6,9-10H2,1-4H3. The summed E-state index contributed by atoms with van der Waals surface area (Å²) in [7, 11) is 0. The van der Waals surface area contributed by atoms with Crippen LogP contribution in [0.1, 0.15) is 30.5 Å². The largest absolute Gasteiger partial charge is 0.491 e. The maximum atomic E-state index is 5.84. The fourth-order valence-electron chi connectivity index (χ4n) is 1.87. The molecule has 0 saturated heterocycles. The molecule has 0 bridgehead atoms. The Morgan fingerprint density at radius 1 is 1.11 bits per heavy atom. The molecule has 0 aliphatic rings. The molecule has 0 spiro atoms. The van der Waals surface area contributed by atoms with Crippen LogP contribution in [-0.4, -0.2) is 19.8 Å². The van der Waals surface area contributed by atoms with E-state index in [0.29, 0.717) is 25.0 Å². The van der Waals surface area contributed by atoms with E-state index in [4.69, 9.17) is 21.1 Å². The van der Waals surface area contributed by atoms with Crippen LogP contribution in [0.4, 0.5) is 0 Å². The molecule has 18 heavy (non-hydrogen) atoms. The molecule has 1 aromatic carbocycles. The van der Waals surface area contributed by atoms with Crippen molar-refractivity contribution in [1.29, 1.82) is 0 Å². The number of halogens is 1. The molecule has 0 fully saturated rings. The van der Waals surface area contributed by atoms with E-state index < -0.39 is 0 Å². The van der Waals surface area contributed by atoms with Crippen LogP contribution in [0.2, 0.25) is 0 Å². The molecule has 1 aromatic rings. The van der Waals surface area contributed by atoms with Crippen LogP contribution in [0.3, 0.4) is 0 Å². The van der Waals surface area contributed by atoms with Gasteiger partial charge in [0.25, 0.3) is 0 Å². The lowest BCUT2D eigenvalue weighted by atomic mass is 10.1. The van der Waals surface area contributed by atoms with Gasteiger partial charge >= 0.3 is 0 Å². The Labute approximate surface area is 115 Å². The molecule has 0 unspecified atom stereocenters. The van der Waals surface area contributed by atoms with Gasteiger partial charge in [0.1, 0.15) is 12.4 Å². The van der Waals surface area contributed by atoms with E-state index in [-0.39, 0.29) is 0 Å². The number of alkyl halides is 1. The zero-order valence-electron chi connectivity index (χ0n) is 11.8. The summed E-state index contributed by atoms with van der Waals surface area (Å²) < 4.78 is 11.3. The third-order valence-corrected chi connectivity index (χ3v) is 2.91. The second-order valence-electron chi connectivity index (χ2n) is 5.01. The summed E-state index contributed by atoms with van der Waals surface area (Å²) in [5.41, 5.74) is 3.40. The van der Waals surface area contributed by atoms with Gasteiger partial charge in [0.05, 0.1) is 6.61 Å². The van der Waals surface area contributed by atoms with E-state index in [1.807, 2.05) is 13.8 Å². The molecule has 0 aliphatic heterocycles. The predicted octanol–water partition coefficient (Wildman–Crippen LogP) is 4.09. The van der Waals surface area contributed by atoms with E-state index in [1.165, 1.54) is 0 Å². The minimum atomic E-state index is 0.541. The number of rotatable bonds is 7. The summed E-state index contributed by atoms with van der Waals surface area (Å²) in [5, 5.41) is 0. The Hall–Kier alpha value is -0.730. The van der Waals surface area contributed by atoms with Crippen LogP contribution in [0.5, 0.6) is 5.75 Å². The molecule has 0 radical (unpaired) electrons. The number of aryl methyl sites for hydroxylation is 2. The van der Waals surface area contributed by atoms with Crippen LogP contribution < -0.4 is 4.74 Å². The van der Waals surface area contributed by atoms with Gasteiger partial charge in [-0.15, -0.1) is 11.6 Å². The molecule has 0 amide bonds. The van der Waals surface area contributed by atoms with Gasteiger partial charge < -0.3 is 9.47 Å². The molecule has 1 rings (SSSR count). The van der Waals surface area contributed by atoms with Crippen molar-refractivity contribution < 1.29 is 9.47 Å². The van der Waals surface area contributed by atoms with Crippen molar-refractivity contribution in [1.82, 2.24) is 0 Å². The summed E-state index contributed by atoms with van der Waals surface area (Å²) in [6.07, 6.45) is 0.